The van der Waals surface area contributed by atoms with Crippen molar-refractivity contribution in [2.45, 2.75) is 105 Å². The van der Waals surface area contributed by atoms with Crippen LogP contribution in [0.3, 0.4) is 0 Å². The van der Waals surface area contributed by atoms with E-state index in [1.807, 2.05) is 6.07 Å². The lowest BCUT2D eigenvalue weighted by atomic mass is 9.37. The van der Waals surface area contributed by atoms with Crippen molar-refractivity contribution < 1.29 is 9.90 Å². The normalized spacial score (nSPS) is 34.5. The summed E-state index contributed by atoms with van der Waals surface area (Å²) in [5.74, 6) is 2.89. The van der Waals surface area contributed by atoms with E-state index in [4.69, 9.17) is 0 Å². The molecule has 0 spiro atoms. The lowest BCUT2D eigenvalue weighted by Gasteiger charge is -2.67. The highest BCUT2D eigenvalue weighted by Gasteiger charge is 2.62. The first-order chi connectivity index (χ1) is 17.4. The van der Waals surface area contributed by atoms with Gasteiger partial charge in [0.25, 0.3) is 0 Å². The second kappa shape index (κ2) is 9.43. The van der Waals surface area contributed by atoms with Crippen LogP contribution in [-0.2, 0) is 11.8 Å². The predicted molar refractivity (Wildman–Crippen MR) is 153 cm³/mol. The van der Waals surface area contributed by atoms with Crippen LogP contribution in [0, 0.1) is 46.8 Å². The number of anilines is 1. The molecule has 1 amide bonds. The molecular weight excluding hydrogens is 456 g/mol. The first kappa shape index (κ1) is 26.8. The Morgan fingerprint density at radius 1 is 1.14 bits per heavy atom. The van der Waals surface area contributed by atoms with Gasteiger partial charge in [-0.05, 0) is 122 Å². The van der Waals surface area contributed by atoms with Gasteiger partial charge in [0.2, 0.25) is 5.91 Å². The second-order valence-electron chi connectivity index (χ2n) is 14.3. The van der Waals surface area contributed by atoms with Crippen molar-refractivity contribution in [2.24, 2.45) is 47.0 Å². The third-order valence-electron chi connectivity index (χ3n) is 12.3. The standard InChI is InChI=1S/C33H50N2O2/c1-21-17-24-18-25(10-13-29(24)35(21)7)34-30(37)9-8-15-33-16-14-23-19-26(36)11-12-27(23)28(33)20-31(3,4)32(5,6)22(33)2/h10,13,17-18,22-23,26-28,36H,8-9,11-12,14-16,19-20H2,1-7H3,(H,34,37)/t22?,23-,26+,27-,28-,33+/m1/s1. The van der Waals surface area contributed by atoms with Crippen molar-refractivity contribution in [1.29, 1.82) is 0 Å². The van der Waals surface area contributed by atoms with E-state index in [0.717, 1.165) is 37.3 Å². The number of carbonyl (C=O) groups excluding carboxylic acids is 1. The number of hydrogen-bond donors (Lipinski definition) is 2. The zero-order chi connectivity index (χ0) is 26.8. The van der Waals surface area contributed by atoms with E-state index in [2.05, 4.69) is 76.7 Å². The number of fused-ring (bicyclic) bond motifs is 4. The Morgan fingerprint density at radius 2 is 1.89 bits per heavy atom. The van der Waals surface area contributed by atoms with E-state index < -0.39 is 0 Å². The van der Waals surface area contributed by atoms with Crippen molar-refractivity contribution in [3.05, 3.63) is 30.0 Å². The van der Waals surface area contributed by atoms with Crippen molar-refractivity contribution in [2.75, 3.05) is 5.32 Å². The highest BCUT2D eigenvalue weighted by Crippen LogP contribution is 2.70. The monoisotopic (exact) mass is 506 g/mol. The number of aliphatic hydroxyl groups excluding tert-OH is 1. The summed E-state index contributed by atoms with van der Waals surface area (Å²) in [6, 6.07) is 8.41. The molecular formula is C33H50N2O2. The summed E-state index contributed by atoms with van der Waals surface area (Å²) in [6.45, 7) is 14.6. The van der Waals surface area contributed by atoms with Gasteiger partial charge in [-0.3, -0.25) is 4.79 Å². The molecule has 1 aromatic heterocycles. The minimum atomic E-state index is -0.0954. The van der Waals surface area contributed by atoms with Crippen molar-refractivity contribution in [1.82, 2.24) is 4.57 Å². The van der Waals surface area contributed by atoms with Gasteiger partial charge in [-0.25, -0.2) is 0 Å². The van der Waals surface area contributed by atoms with Gasteiger partial charge in [-0.15, -0.1) is 0 Å². The number of amides is 1. The van der Waals surface area contributed by atoms with Crippen LogP contribution < -0.4 is 5.32 Å². The van der Waals surface area contributed by atoms with Gasteiger partial charge in [-0.1, -0.05) is 34.6 Å². The fourth-order valence-corrected chi connectivity index (χ4v) is 9.09. The topological polar surface area (TPSA) is 54.3 Å². The van der Waals surface area contributed by atoms with E-state index >= 15 is 0 Å². The summed E-state index contributed by atoms with van der Waals surface area (Å²) in [6.07, 6.45) is 9.55. The van der Waals surface area contributed by atoms with Crippen molar-refractivity contribution in [3.8, 4) is 0 Å². The number of aryl methyl sites for hydroxylation is 2. The van der Waals surface area contributed by atoms with E-state index in [1.54, 1.807) is 0 Å². The molecule has 3 aliphatic carbocycles. The maximum Gasteiger partial charge on any atom is 0.224 e. The molecule has 3 fully saturated rings. The maximum atomic E-state index is 13.1. The Bertz CT molecular complexity index is 1160. The van der Waals surface area contributed by atoms with Crippen LogP contribution in [0.2, 0.25) is 0 Å². The summed E-state index contributed by atoms with van der Waals surface area (Å²) in [7, 11) is 2.08. The molecule has 3 saturated carbocycles. The minimum absolute atomic E-state index is 0.0954. The quantitative estimate of drug-likeness (QED) is 0.434. The van der Waals surface area contributed by atoms with Crippen LogP contribution in [0.5, 0.6) is 0 Å². The molecule has 1 heterocycles. The van der Waals surface area contributed by atoms with Gasteiger partial charge >= 0.3 is 0 Å². The number of benzene rings is 1. The maximum absolute atomic E-state index is 13.1. The number of aliphatic hydroxyl groups is 1. The molecule has 6 atom stereocenters. The van der Waals surface area contributed by atoms with Gasteiger partial charge in [0.05, 0.1) is 6.10 Å². The minimum Gasteiger partial charge on any atom is -0.393 e. The fourth-order valence-electron chi connectivity index (χ4n) is 9.09. The van der Waals surface area contributed by atoms with E-state index in [0.29, 0.717) is 35.0 Å². The Labute approximate surface area is 224 Å². The number of hydrogen-bond acceptors (Lipinski definition) is 2. The van der Waals surface area contributed by atoms with Gasteiger partial charge < -0.3 is 15.0 Å². The molecule has 0 aliphatic heterocycles. The molecule has 204 valence electrons. The zero-order valence-corrected chi connectivity index (χ0v) is 24.4. The largest absolute Gasteiger partial charge is 0.393 e. The number of carbonyl (C=O) groups is 1. The molecule has 0 bridgehead atoms. The van der Waals surface area contributed by atoms with Crippen LogP contribution >= 0.6 is 0 Å². The summed E-state index contributed by atoms with van der Waals surface area (Å²) < 4.78 is 2.19. The molecule has 1 aromatic carbocycles. The molecule has 4 nitrogen and oxygen atoms in total. The molecule has 0 radical (unpaired) electrons. The first-order valence-electron chi connectivity index (χ1n) is 14.9. The van der Waals surface area contributed by atoms with E-state index in [1.165, 1.54) is 42.3 Å². The summed E-state index contributed by atoms with van der Waals surface area (Å²) >= 11 is 0. The molecule has 37 heavy (non-hydrogen) atoms. The molecule has 4 heteroatoms. The Balaban J connectivity index is 1.30. The number of aromatic nitrogens is 1. The van der Waals surface area contributed by atoms with Gasteiger partial charge in [0, 0.05) is 35.8 Å². The summed E-state index contributed by atoms with van der Waals surface area (Å²) in [5, 5.41) is 14.8. The van der Waals surface area contributed by atoms with Crippen LogP contribution in [-0.4, -0.2) is 21.7 Å². The van der Waals surface area contributed by atoms with Crippen molar-refractivity contribution >= 4 is 22.5 Å². The highest BCUT2D eigenvalue weighted by atomic mass is 16.3. The number of nitrogens with one attached hydrogen (secondary N) is 1. The Kier molecular flexibility index (Phi) is 6.83. The fraction of sp³-hybridized carbons (Fsp3) is 0.727. The summed E-state index contributed by atoms with van der Waals surface area (Å²) in [4.78, 5) is 13.1. The molecule has 2 N–H and O–H groups in total. The van der Waals surface area contributed by atoms with E-state index in [9.17, 15) is 9.90 Å². The summed E-state index contributed by atoms with van der Waals surface area (Å²) in [5.41, 5.74) is 4.18. The van der Waals surface area contributed by atoms with Gasteiger partial charge in [0.15, 0.2) is 0 Å². The van der Waals surface area contributed by atoms with Crippen LogP contribution in [0.25, 0.3) is 10.9 Å². The average molecular weight is 507 g/mol. The lowest BCUT2D eigenvalue weighted by Crippen LogP contribution is -2.60. The van der Waals surface area contributed by atoms with Crippen LogP contribution in [0.15, 0.2) is 24.3 Å². The van der Waals surface area contributed by atoms with Gasteiger partial charge in [-0.2, -0.15) is 0 Å². The second-order valence-corrected chi connectivity index (χ2v) is 14.3. The molecule has 5 rings (SSSR count). The third-order valence-corrected chi connectivity index (χ3v) is 12.3. The lowest BCUT2D eigenvalue weighted by molar-refractivity contribution is -0.188. The average Bonchev–Trinajstić information content (AvgIpc) is 3.11. The van der Waals surface area contributed by atoms with Crippen LogP contribution in [0.1, 0.15) is 98.1 Å². The predicted octanol–water partition coefficient (Wildman–Crippen LogP) is 7.86. The zero-order valence-electron chi connectivity index (χ0n) is 24.4. The van der Waals surface area contributed by atoms with Crippen molar-refractivity contribution in [3.63, 3.8) is 0 Å². The molecule has 2 aromatic rings. The van der Waals surface area contributed by atoms with Gasteiger partial charge in [0.1, 0.15) is 0 Å². The smallest absolute Gasteiger partial charge is 0.224 e. The SMILES string of the molecule is Cc1cc2cc(NC(=O)CCC[C@@]34CC[C@@H]5C[C@@H](O)CC[C@H]5[C@H]3CC(C)(C)C(C)(C)C4C)ccc2n1C. The molecule has 3 aliphatic rings. The first-order valence-corrected chi connectivity index (χ1v) is 14.9. The number of rotatable bonds is 5. The molecule has 1 unspecified atom stereocenters. The van der Waals surface area contributed by atoms with Crippen LogP contribution in [0.4, 0.5) is 5.69 Å². The highest BCUT2D eigenvalue weighted by molar-refractivity contribution is 5.94. The Morgan fingerprint density at radius 3 is 2.65 bits per heavy atom. The molecule has 0 saturated heterocycles. The number of nitrogens with zero attached hydrogens (tertiary/aromatic N) is 1. The van der Waals surface area contributed by atoms with E-state index in [-0.39, 0.29) is 17.4 Å². The Hall–Kier alpha value is -1.81. The third kappa shape index (κ3) is 4.45.